The zero-order valence-corrected chi connectivity index (χ0v) is 18.9. The highest BCUT2D eigenvalue weighted by Gasteiger charge is 2.29. The highest BCUT2D eigenvalue weighted by Crippen LogP contribution is 2.35. The van der Waals surface area contributed by atoms with Crippen LogP contribution in [0.1, 0.15) is 62.2 Å². The molecular formula is C24H30N4O3. The molecule has 0 aromatic carbocycles. The third-order valence-corrected chi connectivity index (χ3v) is 5.22. The van der Waals surface area contributed by atoms with Crippen molar-refractivity contribution in [3.8, 4) is 11.1 Å². The Balaban J connectivity index is 1.93. The standard InChI is InChI=1S/C24H30N4O3/c1-6-28-22-18(12-26-28)20(17-9-15(2)10-25-11-17)21(23(29)31-24(3,4)5)19(27-22)14-30-13-16-7-8-16/h9-12,16H,6-8,13-14H2,1-5H3. The fraction of sp³-hybridized carbons (Fsp3) is 0.500. The third kappa shape index (κ3) is 4.77. The smallest absolute Gasteiger partial charge is 0.341 e. The van der Waals surface area contributed by atoms with Crippen molar-refractivity contribution in [2.75, 3.05) is 6.61 Å². The Kier molecular flexibility index (Phi) is 5.79. The van der Waals surface area contributed by atoms with Gasteiger partial charge in [0.15, 0.2) is 5.65 Å². The van der Waals surface area contributed by atoms with Gasteiger partial charge in [0.1, 0.15) is 5.60 Å². The maximum Gasteiger partial charge on any atom is 0.341 e. The second-order valence-corrected chi connectivity index (χ2v) is 9.22. The SMILES string of the molecule is CCn1ncc2c(-c3cncc(C)c3)c(C(=O)OC(C)(C)C)c(COCC3CC3)nc21. The minimum atomic E-state index is -0.631. The highest BCUT2D eigenvalue weighted by atomic mass is 16.6. The van der Waals surface area contributed by atoms with Gasteiger partial charge in [0.2, 0.25) is 0 Å². The molecule has 0 N–H and O–H groups in total. The normalized spacial score (nSPS) is 14.2. The summed E-state index contributed by atoms with van der Waals surface area (Å²) in [5.74, 6) is 0.211. The van der Waals surface area contributed by atoms with Crippen LogP contribution in [0.25, 0.3) is 22.2 Å². The van der Waals surface area contributed by atoms with E-state index < -0.39 is 11.6 Å². The van der Waals surface area contributed by atoms with Crippen molar-refractivity contribution in [2.45, 2.75) is 66.2 Å². The number of carbonyl (C=O) groups is 1. The number of rotatable bonds is 7. The lowest BCUT2D eigenvalue weighted by Gasteiger charge is -2.22. The molecule has 0 amide bonds. The van der Waals surface area contributed by atoms with E-state index in [2.05, 4.69) is 10.1 Å². The van der Waals surface area contributed by atoms with E-state index in [1.807, 2.05) is 45.4 Å². The number of hydrogen-bond acceptors (Lipinski definition) is 6. The number of aromatic nitrogens is 4. The van der Waals surface area contributed by atoms with E-state index in [9.17, 15) is 4.79 Å². The van der Waals surface area contributed by atoms with Gasteiger partial charge in [0, 0.05) is 42.1 Å². The van der Waals surface area contributed by atoms with Gasteiger partial charge in [-0.25, -0.2) is 14.5 Å². The van der Waals surface area contributed by atoms with E-state index >= 15 is 0 Å². The van der Waals surface area contributed by atoms with Gasteiger partial charge < -0.3 is 9.47 Å². The van der Waals surface area contributed by atoms with Crippen molar-refractivity contribution in [2.24, 2.45) is 5.92 Å². The molecule has 0 aliphatic heterocycles. The Labute approximate surface area is 182 Å². The summed E-state index contributed by atoms with van der Waals surface area (Å²) in [6.45, 7) is 11.2. The van der Waals surface area contributed by atoms with Crippen molar-refractivity contribution in [1.29, 1.82) is 0 Å². The quantitative estimate of drug-likeness (QED) is 0.513. The van der Waals surface area contributed by atoms with Crippen molar-refractivity contribution in [1.82, 2.24) is 19.7 Å². The number of hydrogen-bond donors (Lipinski definition) is 0. The molecule has 7 heteroatoms. The molecule has 3 aromatic rings. The minimum Gasteiger partial charge on any atom is -0.456 e. The summed E-state index contributed by atoms with van der Waals surface area (Å²) in [7, 11) is 0. The zero-order chi connectivity index (χ0) is 22.2. The molecule has 1 aliphatic carbocycles. The summed E-state index contributed by atoms with van der Waals surface area (Å²) in [6.07, 6.45) is 7.74. The Morgan fingerprint density at radius 1 is 1.23 bits per heavy atom. The first kappa shape index (κ1) is 21.4. The number of pyridine rings is 2. The van der Waals surface area contributed by atoms with Crippen LogP contribution in [0.15, 0.2) is 24.7 Å². The molecule has 0 spiro atoms. The van der Waals surface area contributed by atoms with Gasteiger partial charge in [-0.3, -0.25) is 4.98 Å². The van der Waals surface area contributed by atoms with Crippen LogP contribution in [0, 0.1) is 12.8 Å². The van der Waals surface area contributed by atoms with Gasteiger partial charge >= 0.3 is 5.97 Å². The molecular weight excluding hydrogens is 392 g/mol. The number of nitrogens with zero attached hydrogens (tertiary/aromatic N) is 4. The molecule has 1 aliphatic rings. The second kappa shape index (κ2) is 8.38. The zero-order valence-electron chi connectivity index (χ0n) is 18.9. The van der Waals surface area contributed by atoms with Crippen LogP contribution < -0.4 is 0 Å². The second-order valence-electron chi connectivity index (χ2n) is 9.22. The summed E-state index contributed by atoms with van der Waals surface area (Å²) in [4.78, 5) is 22.6. The van der Waals surface area contributed by atoms with Crippen LogP contribution >= 0.6 is 0 Å². The maximum atomic E-state index is 13.4. The number of esters is 1. The van der Waals surface area contributed by atoms with Crippen molar-refractivity contribution < 1.29 is 14.3 Å². The molecule has 164 valence electrons. The highest BCUT2D eigenvalue weighted by molar-refractivity contribution is 6.07. The Bertz CT molecular complexity index is 1110. The van der Waals surface area contributed by atoms with E-state index in [4.69, 9.17) is 14.5 Å². The van der Waals surface area contributed by atoms with Crippen LogP contribution in [0.3, 0.4) is 0 Å². The summed E-state index contributed by atoms with van der Waals surface area (Å²) < 4.78 is 13.6. The first-order valence-electron chi connectivity index (χ1n) is 10.9. The lowest BCUT2D eigenvalue weighted by Crippen LogP contribution is -2.25. The minimum absolute atomic E-state index is 0.252. The monoisotopic (exact) mass is 422 g/mol. The summed E-state index contributed by atoms with van der Waals surface area (Å²) >= 11 is 0. The van der Waals surface area contributed by atoms with Crippen LogP contribution in [0.4, 0.5) is 0 Å². The lowest BCUT2D eigenvalue weighted by atomic mass is 9.96. The first-order chi connectivity index (χ1) is 14.8. The van der Waals surface area contributed by atoms with Gasteiger partial charge in [-0.05, 0) is 65.0 Å². The molecule has 31 heavy (non-hydrogen) atoms. The van der Waals surface area contributed by atoms with E-state index in [1.54, 1.807) is 18.6 Å². The van der Waals surface area contributed by atoms with Gasteiger partial charge in [0.25, 0.3) is 0 Å². The molecule has 4 rings (SSSR count). The molecule has 0 unspecified atom stereocenters. The Morgan fingerprint density at radius 2 is 2.00 bits per heavy atom. The Hall–Kier alpha value is -2.80. The van der Waals surface area contributed by atoms with E-state index in [-0.39, 0.29) is 6.61 Å². The Morgan fingerprint density at radius 3 is 2.65 bits per heavy atom. The van der Waals surface area contributed by atoms with E-state index in [1.165, 1.54) is 12.8 Å². The fourth-order valence-electron chi connectivity index (χ4n) is 3.62. The third-order valence-electron chi connectivity index (χ3n) is 5.22. The molecule has 7 nitrogen and oxygen atoms in total. The summed E-state index contributed by atoms with van der Waals surface area (Å²) in [5.41, 5.74) is 3.71. The van der Waals surface area contributed by atoms with E-state index in [0.29, 0.717) is 30.3 Å². The molecule has 1 fully saturated rings. The topological polar surface area (TPSA) is 79.1 Å². The molecule has 3 aromatic heterocycles. The molecule has 3 heterocycles. The average Bonchev–Trinajstić information content (AvgIpc) is 3.43. The van der Waals surface area contributed by atoms with Crippen molar-refractivity contribution >= 4 is 17.0 Å². The van der Waals surface area contributed by atoms with Gasteiger partial charge in [-0.15, -0.1) is 0 Å². The van der Waals surface area contributed by atoms with Crippen molar-refractivity contribution in [3.05, 3.63) is 41.5 Å². The van der Waals surface area contributed by atoms with Gasteiger partial charge in [-0.2, -0.15) is 5.10 Å². The molecule has 1 saturated carbocycles. The number of ether oxygens (including phenoxy) is 2. The average molecular weight is 423 g/mol. The van der Waals surface area contributed by atoms with Crippen molar-refractivity contribution in [3.63, 3.8) is 0 Å². The number of fused-ring (bicyclic) bond motifs is 1. The van der Waals surface area contributed by atoms with Crippen LogP contribution in [-0.2, 0) is 22.6 Å². The van der Waals surface area contributed by atoms with Crippen LogP contribution in [0.2, 0.25) is 0 Å². The number of aryl methyl sites for hydroxylation is 2. The molecule has 0 saturated heterocycles. The largest absolute Gasteiger partial charge is 0.456 e. The molecule has 0 atom stereocenters. The molecule has 0 radical (unpaired) electrons. The van der Waals surface area contributed by atoms with Crippen LogP contribution in [0.5, 0.6) is 0 Å². The summed E-state index contributed by atoms with van der Waals surface area (Å²) in [6, 6.07) is 2.02. The summed E-state index contributed by atoms with van der Waals surface area (Å²) in [5, 5.41) is 5.30. The lowest BCUT2D eigenvalue weighted by molar-refractivity contribution is 0.00646. The fourth-order valence-corrected chi connectivity index (χ4v) is 3.62. The predicted molar refractivity (Wildman–Crippen MR) is 119 cm³/mol. The predicted octanol–water partition coefficient (Wildman–Crippen LogP) is 4.70. The van der Waals surface area contributed by atoms with Gasteiger partial charge in [-0.1, -0.05) is 0 Å². The van der Waals surface area contributed by atoms with E-state index in [0.717, 1.165) is 27.7 Å². The van der Waals surface area contributed by atoms with Gasteiger partial charge in [0.05, 0.1) is 24.1 Å². The van der Waals surface area contributed by atoms with Crippen LogP contribution in [-0.4, -0.2) is 37.9 Å². The first-order valence-corrected chi connectivity index (χ1v) is 10.9. The number of carbonyl (C=O) groups excluding carboxylic acids is 1. The molecule has 0 bridgehead atoms. The maximum absolute atomic E-state index is 13.4.